The van der Waals surface area contributed by atoms with E-state index in [1.807, 2.05) is 11.8 Å². The SMILES string of the molecule is CCN(CC1CCOC1)C(=O)CC1(C(=O)O)CCCCC1. The van der Waals surface area contributed by atoms with E-state index >= 15 is 0 Å². The van der Waals surface area contributed by atoms with Crippen LogP contribution in [-0.4, -0.2) is 48.2 Å². The van der Waals surface area contributed by atoms with Crippen molar-refractivity contribution in [2.24, 2.45) is 11.3 Å². The van der Waals surface area contributed by atoms with Crippen LogP contribution in [0.2, 0.25) is 0 Å². The highest BCUT2D eigenvalue weighted by molar-refractivity contribution is 5.85. The molecule has 2 fully saturated rings. The smallest absolute Gasteiger partial charge is 0.310 e. The molecule has 1 atom stereocenters. The van der Waals surface area contributed by atoms with Gasteiger partial charge in [-0.15, -0.1) is 0 Å². The first-order valence-corrected chi connectivity index (χ1v) is 8.16. The van der Waals surface area contributed by atoms with Gasteiger partial charge in [-0.1, -0.05) is 19.3 Å². The van der Waals surface area contributed by atoms with E-state index in [2.05, 4.69) is 0 Å². The summed E-state index contributed by atoms with van der Waals surface area (Å²) in [7, 11) is 0. The summed E-state index contributed by atoms with van der Waals surface area (Å²) in [5, 5.41) is 9.59. The van der Waals surface area contributed by atoms with E-state index in [1.54, 1.807) is 0 Å². The first-order chi connectivity index (χ1) is 10.1. The van der Waals surface area contributed by atoms with Gasteiger partial charge in [0.05, 0.1) is 12.0 Å². The summed E-state index contributed by atoms with van der Waals surface area (Å²) < 4.78 is 5.36. The van der Waals surface area contributed by atoms with Crippen molar-refractivity contribution in [2.45, 2.75) is 51.9 Å². The highest BCUT2D eigenvalue weighted by Gasteiger charge is 2.42. The third-order valence-electron chi connectivity index (χ3n) is 4.99. The van der Waals surface area contributed by atoms with Gasteiger partial charge in [0.25, 0.3) is 0 Å². The number of nitrogens with zero attached hydrogens (tertiary/aromatic N) is 1. The quantitative estimate of drug-likeness (QED) is 0.817. The minimum Gasteiger partial charge on any atom is -0.481 e. The largest absolute Gasteiger partial charge is 0.481 e. The second-order valence-corrected chi connectivity index (χ2v) is 6.48. The topological polar surface area (TPSA) is 66.8 Å². The molecule has 1 saturated carbocycles. The van der Waals surface area contributed by atoms with Crippen molar-refractivity contribution in [3.05, 3.63) is 0 Å². The highest BCUT2D eigenvalue weighted by Crippen LogP contribution is 2.40. The maximum Gasteiger partial charge on any atom is 0.310 e. The highest BCUT2D eigenvalue weighted by atomic mass is 16.5. The molecule has 5 heteroatoms. The maximum atomic E-state index is 12.6. The summed E-state index contributed by atoms with van der Waals surface area (Å²) in [6.45, 7) is 4.79. The van der Waals surface area contributed by atoms with Crippen molar-refractivity contribution in [3.63, 3.8) is 0 Å². The van der Waals surface area contributed by atoms with Crippen molar-refractivity contribution in [1.82, 2.24) is 4.90 Å². The van der Waals surface area contributed by atoms with Gasteiger partial charge in [0.2, 0.25) is 5.91 Å². The lowest BCUT2D eigenvalue weighted by molar-refractivity contribution is -0.156. The number of hydrogen-bond donors (Lipinski definition) is 1. The number of carboxylic acid groups (broad SMARTS) is 1. The molecule has 120 valence electrons. The summed E-state index contributed by atoms with van der Waals surface area (Å²) in [5.41, 5.74) is -0.824. The molecule has 1 N–H and O–H groups in total. The molecular weight excluding hydrogens is 270 g/mol. The molecule has 1 saturated heterocycles. The molecule has 1 aliphatic heterocycles. The van der Waals surface area contributed by atoms with E-state index in [1.165, 1.54) is 0 Å². The van der Waals surface area contributed by atoms with E-state index in [-0.39, 0.29) is 12.3 Å². The zero-order chi connectivity index (χ0) is 15.3. The molecule has 2 rings (SSSR count). The van der Waals surface area contributed by atoms with Gasteiger partial charge in [-0.25, -0.2) is 0 Å². The molecule has 0 bridgehead atoms. The third-order valence-corrected chi connectivity index (χ3v) is 4.99. The van der Waals surface area contributed by atoms with Gasteiger partial charge in [-0.2, -0.15) is 0 Å². The number of carbonyl (C=O) groups excluding carboxylic acids is 1. The molecule has 1 heterocycles. The summed E-state index contributed by atoms with van der Waals surface area (Å²) in [6, 6.07) is 0. The Kier molecular flexibility index (Phi) is 5.62. The van der Waals surface area contributed by atoms with Crippen LogP contribution in [0.15, 0.2) is 0 Å². The molecule has 0 spiro atoms. The average Bonchev–Trinajstić information content (AvgIpc) is 2.98. The minimum absolute atomic E-state index is 0.00583. The van der Waals surface area contributed by atoms with E-state index in [0.29, 0.717) is 38.5 Å². The standard InChI is InChI=1S/C16H27NO4/c1-2-17(11-13-6-9-21-12-13)14(18)10-16(15(19)20)7-4-3-5-8-16/h13H,2-12H2,1H3,(H,19,20). The Bertz CT molecular complexity index is 370. The summed E-state index contributed by atoms with van der Waals surface area (Å²) in [4.78, 5) is 26.1. The summed E-state index contributed by atoms with van der Waals surface area (Å²) >= 11 is 0. The zero-order valence-corrected chi connectivity index (χ0v) is 13.0. The van der Waals surface area contributed by atoms with Crippen LogP contribution in [0.25, 0.3) is 0 Å². The fraction of sp³-hybridized carbons (Fsp3) is 0.875. The predicted molar refractivity (Wildman–Crippen MR) is 79.0 cm³/mol. The lowest BCUT2D eigenvalue weighted by Crippen LogP contribution is -2.42. The molecule has 0 aromatic heterocycles. The van der Waals surface area contributed by atoms with Crippen molar-refractivity contribution in [1.29, 1.82) is 0 Å². The average molecular weight is 297 g/mol. The first kappa shape index (κ1) is 16.3. The van der Waals surface area contributed by atoms with E-state index in [9.17, 15) is 14.7 Å². The Balaban J connectivity index is 1.97. The van der Waals surface area contributed by atoms with Crippen LogP contribution in [0, 0.1) is 11.3 Å². The number of rotatable bonds is 6. The van der Waals surface area contributed by atoms with Crippen molar-refractivity contribution in [2.75, 3.05) is 26.3 Å². The summed E-state index contributed by atoms with van der Waals surface area (Å²) in [5.74, 6) is -0.398. The molecule has 0 aromatic carbocycles. The van der Waals surface area contributed by atoms with Crippen molar-refractivity contribution >= 4 is 11.9 Å². The van der Waals surface area contributed by atoms with Gasteiger partial charge < -0.3 is 14.7 Å². The monoisotopic (exact) mass is 297 g/mol. The molecule has 21 heavy (non-hydrogen) atoms. The Labute approximate surface area is 126 Å². The van der Waals surface area contributed by atoms with Gasteiger partial charge in [-0.05, 0) is 26.2 Å². The van der Waals surface area contributed by atoms with Gasteiger partial charge in [0.15, 0.2) is 0 Å². The fourth-order valence-electron chi connectivity index (χ4n) is 3.54. The normalized spacial score (nSPS) is 24.7. The van der Waals surface area contributed by atoms with Crippen LogP contribution in [0.1, 0.15) is 51.9 Å². The molecule has 1 amide bonds. The number of ether oxygens (including phenoxy) is 1. The number of carboxylic acids is 1. The lowest BCUT2D eigenvalue weighted by atomic mass is 9.71. The van der Waals surface area contributed by atoms with Gasteiger partial charge in [0, 0.05) is 32.0 Å². The predicted octanol–water partition coefficient (Wildman–Crippen LogP) is 2.30. The Morgan fingerprint density at radius 3 is 2.52 bits per heavy atom. The van der Waals surface area contributed by atoms with Crippen LogP contribution >= 0.6 is 0 Å². The van der Waals surface area contributed by atoms with Gasteiger partial charge in [-0.3, -0.25) is 9.59 Å². The van der Waals surface area contributed by atoms with E-state index in [0.717, 1.165) is 32.3 Å². The van der Waals surface area contributed by atoms with Crippen LogP contribution in [-0.2, 0) is 14.3 Å². The van der Waals surface area contributed by atoms with E-state index < -0.39 is 11.4 Å². The zero-order valence-electron chi connectivity index (χ0n) is 13.0. The van der Waals surface area contributed by atoms with Crippen LogP contribution < -0.4 is 0 Å². The molecule has 1 aliphatic carbocycles. The molecule has 0 radical (unpaired) electrons. The summed E-state index contributed by atoms with van der Waals surface area (Å²) in [6.07, 6.45) is 5.35. The van der Waals surface area contributed by atoms with Crippen LogP contribution in [0.4, 0.5) is 0 Å². The Morgan fingerprint density at radius 1 is 1.29 bits per heavy atom. The fourth-order valence-corrected chi connectivity index (χ4v) is 3.54. The van der Waals surface area contributed by atoms with Crippen molar-refractivity contribution < 1.29 is 19.4 Å². The Morgan fingerprint density at radius 2 is 2.00 bits per heavy atom. The second-order valence-electron chi connectivity index (χ2n) is 6.48. The minimum atomic E-state index is -0.824. The maximum absolute atomic E-state index is 12.6. The van der Waals surface area contributed by atoms with Crippen molar-refractivity contribution in [3.8, 4) is 0 Å². The number of hydrogen-bond acceptors (Lipinski definition) is 3. The number of amides is 1. The Hall–Kier alpha value is -1.10. The molecular formula is C16H27NO4. The van der Waals surface area contributed by atoms with E-state index in [4.69, 9.17) is 4.74 Å². The molecule has 2 aliphatic rings. The molecule has 1 unspecified atom stereocenters. The van der Waals surface area contributed by atoms with Gasteiger partial charge >= 0.3 is 5.97 Å². The first-order valence-electron chi connectivity index (χ1n) is 8.16. The second kappa shape index (κ2) is 7.25. The number of carbonyl (C=O) groups is 2. The van der Waals surface area contributed by atoms with Crippen LogP contribution in [0.3, 0.4) is 0 Å². The molecule has 0 aromatic rings. The van der Waals surface area contributed by atoms with Gasteiger partial charge in [0.1, 0.15) is 0 Å². The molecule has 5 nitrogen and oxygen atoms in total. The number of aliphatic carboxylic acids is 1. The third kappa shape index (κ3) is 3.96. The van der Waals surface area contributed by atoms with Crippen LogP contribution in [0.5, 0.6) is 0 Å². The lowest BCUT2D eigenvalue weighted by Gasteiger charge is -2.34.